The molecular weight excluding hydrogens is 925 g/mol. The third kappa shape index (κ3) is 50.8. The molecule has 338 valence electrons. The number of nitrogens with zero attached hydrogens (tertiary/aromatic N) is 14. The number of thiazole rings is 1. The molecule has 0 unspecified atom stereocenters. The van der Waals surface area contributed by atoms with Gasteiger partial charge in [-0.15, -0.1) is 43.1 Å². The summed E-state index contributed by atoms with van der Waals surface area (Å²) in [7, 11) is 0. The topological polar surface area (TPSA) is 231 Å². The molecule has 9 aromatic heterocycles. The molecular formula is C42H46N14O4S5. The van der Waals surface area contributed by atoms with E-state index in [4.69, 9.17) is 0 Å². The smallest absolute Gasteiger partial charge is 0.203 e. The quantitative estimate of drug-likeness (QED) is 0.138. The van der Waals surface area contributed by atoms with Gasteiger partial charge in [-0.1, -0.05) is 53.7 Å². The van der Waals surface area contributed by atoms with E-state index in [1.165, 1.54) is 72.4 Å². The van der Waals surface area contributed by atoms with Gasteiger partial charge in [0.15, 0.2) is 6.39 Å². The van der Waals surface area contributed by atoms with Crippen molar-refractivity contribution in [1.29, 1.82) is 0 Å². The minimum absolute atomic E-state index is 0.889. The van der Waals surface area contributed by atoms with Crippen molar-refractivity contribution in [2.45, 2.75) is 19.3 Å². The van der Waals surface area contributed by atoms with Crippen LogP contribution in [0.15, 0.2) is 242 Å². The summed E-state index contributed by atoms with van der Waals surface area (Å²) in [5, 5.41) is 31.9. The van der Waals surface area contributed by atoms with Gasteiger partial charge in [0.25, 0.3) is 0 Å². The van der Waals surface area contributed by atoms with Crippen LogP contribution in [0.4, 0.5) is 0 Å². The van der Waals surface area contributed by atoms with E-state index in [0.29, 0.717) is 0 Å². The maximum atomic E-state index is 4.58. The lowest BCUT2D eigenvalue weighted by Crippen LogP contribution is -1.60. The molecule has 4 aliphatic rings. The van der Waals surface area contributed by atoms with Crippen LogP contribution in [0.5, 0.6) is 0 Å². The van der Waals surface area contributed by atoms with Crippen LogP contribution in [0, 0.1) is 0 Å². The van der Waals surface area contributed by atoms with E-state index in [1.807, 2.05) is 76.3 Å². The summed E-state index contributed by atoms with van der Waals surface area (Å²) in [5.41, 5.74) is 6.83. The summed E-state index contributed by atoms with van der Waals surface area (Å²) in [6, 6.07) is 11.3. The second-order valence-electron chi connectivity index (χ2n) is 9.87. The Bertz CT molecular complexity index is 1570. The largest absolute Gasteiger partial charge is 0.473 e. The lowest BCUT2D eigenvalue weighted by molar-refractivity contribution is 0.420. The second kappa shape index (κ2) is 52.7. The monoisotopic (exact) mass is 970 g/mol. The number of hydrogen-bond acceptors (Lipinski definition) is 23. The molecule has 13 rings (SSSR count). The first-order chi connectivity index (χ1) is 32.5. The summed E-state index contributed by atoms with van der Waals surface area (Å²) >= 11 is 7.62. The van der Waals surface area contributed by atoms with Gasteiger partial charge >= 0.3 is 0 Å². The fraction of sp³-hybridized carbons (Fsp3) is 0.0952. The summed E-state index contributed by atoms with van der Waals surface area (Å²) < 4.78 is 25.2. The van der Waals surface area contributed by atoms with Gasteiger partial charge < -0.3 is 17.8 Å². The fourth-order valence-electron chi connectivity index (χ4n) is 2.80. The second-order valence-corrected chi connectivity index (χ2v) is 13.5. The maximum absolute atomic E-state index is 4.58. The zero-order valence-corrected chi connectivity index (χ0v) is 38.8. The Labute approximate surface area is 396 Å². The molecule has 0 N–H and O–H groups in total. The summed E-state index contributed by atoms with van der Waals surface area (Å²) in [5.74, 6) is 0. The third-order valence-electron chi connectivity index (χ3n) is 5.26. The molecule has 0 radical (unpaired) electrons. The van der Waals surface area contributed by atoms with Crippen molar-refractivity contribution in [3.05, 3.63) is 204 Å². The summed E-state index contributed by atoms with van der Waals surface area (Å²) in [4.78, 5) is 18.6. The molecule has 12 heterocycles. The molecule has 0 spiro atoms. The van der Waals surface area contributed by atoms with Gasteiger partial charge in [-0.05, 0) is 70.6 Å². The molecule has 0 atom stereocenters. The van der Waals surface area contributed by atoms with Crippen molar-refractivity contribution >= 4 is 81.9 Å². The fourth-order valence-corrected chi connectivity index (χ4v) is 4.50. The lowest BCUT2D eigenvalue weighted by Gasteiger charge is -1.60. The van der Waals surface area contributed by atoms with E-state index in [1.54, 1.807) is 113 Å². The summed E-state index contributed by atoms with van der Waals surface area (Å²) in [6.45, 7) is 0.889. The first-order valence-corrected chi connectivity index (χ1v) is 23.0. The molecule has 18 nitrogen and oxygen atoms in total. The first kappa shape index (κ1) is 55.6. The van der Waals surface area contributed by atoms with Gasteiger partial charge in [0.2, 0.25) is 12.8 Å². The SMILES string of the molecule is C1=CCC=C1.C1=CCN=C1.C1=CN=CC1.C1=NN=CC1.c1ccoc1.c1ccsc1.c1cnoc1.c1cnsc1.c1cocn1.c1cscn1.c1ncsn1.c1nnco1.c1nncs1. The molecule has 1 aliphatic carbocycles. The number of aliphatic imine (C=N–C) groups is 2. The van der Waals surface area contributed by atoms with Crippen LogP contribution in [0.2, 0.25) is 0 Å². The number of aromatic nitrogens is 10. The average molecular weight is 971 g/mol. The Morgan fingerprint density at radius 3 is 1.48 bits per heavy atom. The highest BCUT2D eigenvalue weighted by atomic mass is 32.1. The molecule has 0 aromatic carbocycles. The predicted molar refractivity (Wildman–Crippen MR) is 264 cm³/mol. The minimum Gasteiger partial charge on any atom is -0.473 e. The van der Waals surface area contributed by atoms with Crippen LogP contribution >= 0.6 is 57.1 Å². The van der Waals surface area contributed by atoms with Crippen LogP contribution in [0.3, 0.4) is 0 Å². The highest BCUT2D eigenvalue weighted by Gasteiger charge is 1.76. The number of hydrogen-bond donors (Lipinski definition) is 0. The standard InChI is InChI=1S/C5H6.2C4H5N.C4H4O.C4H4S.C3H4N2.2C3H3NO.2C3H3NS.C2H2N2O.2C2H2N2S/c6*1-2-4-5-3-1;1-2-5-3-4-1;1-2-4-5-3-1;1-2-5-3-4-1;1-2-4-5-3-1;2*1-3-4-2-5-1;1-3-2-5-4-1/h1-4H,5H2;1,3-4H,2H2;1-3H,4H2;2*1-4H;2-3H,1H2;4*1-3H;3*1-2H. The number of furan rings is 1. The summed E-state index contributed by atoms with van der Waals surface area (Å²) in [6.07, 6.45) is 44.8. The van der Waals surface area contributed by atoms with Gasteiger partial charge in [-0.25, -0.2) is 14.3 Å². The Morgan fingerprint density at radius 2 is 1.28 bits per heavy atom. The average Bonchev–Trinajstić information content (AvgIpc) is 4.26. The molecule has 0 saturated heterocycles. The predicted octanol–water partition coefficient (Wildman–Crippen LogP) is 11.4. The van der Waals surface area contributed by atoms with Gasteiger partial charge in [0.1, 0.15) is 35.4 Å². The normalized spacial score (nSPS) is 11.0. The van der Waals surface area contributed by atoms with Crippen LogP contribution in [0.1, 0.15) is 19.3 Å². The van der Waals surface area contributed by atoms with Crippen molar-refractivity contribution in [2.24, 2.45) is 20.2 Å². The van der Waals surface area contributed by atoms with Gasteiger partial charge in [0.05, 0.1) is 37.0 Å². The molecule has 3 aliphatic heterocycles. The Balaban J connectivity index is 0.000000352. The van der Waals surface area contributed by atoms with Crippen LogP contribution < -0.4 is 0 Å². The van der Waals surface area contributed by atoms with Crippen molar-refractivity contribution in [2.75, 3.05) is 6.54 Å². The van der Waals surface area contributed by atoms with Gasteiger partial charge in [-0.3, -0.25) is 15.0 Å². The van der Waals surface area contributed by atoms with E-state index >= 15 is 0 Å². The minimum atomic E-state index is 0.889. The van der Waals surface area contributed by atoms with E-state index < -0.39 is 0 Å². The number of allylic oxidation sites excluding steroid dienone is 6. The Hall–Kier alpha value is -7.44. The lowest BCUT2D eigenvalue weighted by atomic mass is 10.5. The maximum Gasteiger partial charge on any atom is 0.203 e. The zero-order chi connectivity index (χ0) is 46.0. The number of rotatable bonds is 0. The van der Waals surface area contributed by atoms with Crippen molar-refractivity contribution < 1.29 is 17.8 Å². The van der Waals surface area contributed by atoms with Crippen molar-refractivity contribution in [3.8, 4) is 0 Å². The number of thiophene rings is 1. The molecule has 0 amide bonds. The first-order valence-electron chi connectivity index (χ1n) is 18.5. The van der Waals surface area contributed by atoms with E-state index in [0.717, 1.165) is 25.8 Å². The third-order valence-corrected chi connectivity index (χ3v) is 7.80. The molecule has 23 heteroatoms. The van der Waals surface area contributed by atoms with Gasteiger partial charge in [-0.2, -0.15) is 25.9 Å². The number of oxazole rings is 1. The molecule has 0 saturated carbocycles. The van der Waals surface area contributed by atoms with Crippen LogP contribution in [-0.4, -0.2) is 80.7 Å². The molecule has 0 bridgehead atoms. The Morgan fingerprint density at radius 1 is 0.462 bits per heavy atom. The van der Waals surface area contributed by atoms with E-state index in [9.17, 15) is 0 Å². The molecule has 9 aromatic rings. The van der Waals surface area contributed by atoms with Crippen molar-refractivity contribution in [3.63, 3.8) is 0 Å². The van der Waals surface area contributed by atoms with E-state index in [-0.39, 0.29) is 0 Å². The van der Waals surface area contributed by atoms with Crippen LogP contribution in [0.25, 0.3) is 0 Å². The van der Waals surface area contributed by atoms with Crippen molar-refractivity contribution in [1.82, 2.24) is 49.3 Å². The highest BCUT2D eigenvalue weighted by molar-refractivity contribution is 7.08. The Kier molecular flexibility index (Phi) is 45.1. The van der Waals surface area contributed by atoms with Crippen LogP contribution in [-0.2, 0) is 0 Å². The molecule has 65 heavy (non-hydrogen) atoms. The molecule has 0 fully saturated rings. The zero-order valence-electron chi connectivity index (χ0n) is 34.7. The van der Waals surface area contributed by atoms with Gasteiger partial charge in [0, 0.05) is 67.1 Å². The highest BCUT2D eigenvalue weighted by Crippen LogP contribution is 1.93. The van der Waals surface area contributed by atoms with E-state index in [2.05, 4.69) is 112 Å².